The highest BCUT2D eigenvalue weighted by Crippen LogP contribution is 2.27. The highest BCUT2D eigenvalue weighted by atomic mass is 15.0. The third-order valence-electron chi connectivity index (χ3n) is 2.89. The van der Waals surface area contributed by atoms with E-state index in [2.05, 4.69) is 24.5 Å². The van der Waals surface area contributed by atoms with Gasteiger partial charge in [-0.3, -0.25) is 0 Å². The van der Waals surface area contributed by atoms with Gasteiger partial charge in [-0.05, 0) is 45.3 Å². The maximum atomic E-state index is 3.63. The summed E-state index contributed by atoms with van der Waals surface area (Å²) in [6.07, 6.45) is 6.73. The molecule has 0 aliphatic carbocycles. The molecule has 0 saturated carbocycles. The molecular formula is C11H24N2. The van der Waals surface area contributed by atoms with Crippen LogP contribution in [0.5, 0.6) is 0 Å². The van der Waals surface area contributed by atoms with E-state index >= 15 is 0 Å². The van der Waals surface area contributed by atoms with Crippen LogP contribution in [-0.2, 0) is 0 Å². The molecule has 0 unspecified atom stereocenters. The van der Waals surface area contributed by atoms with Crippen molar-refractivity contribution in [3.05, 3.63) is 0 Å². The molecule has 78 valence electrons. The molecule has 2 heterocycles. The molecule has 2 N–H and O–H groups in total. The van der Waals surface area contributed by atoms with E-state index in [1.54, 1.807) is 0 Å². The zero-order valence-electron chi connectivity index (χ0n) is 9.16. The lowest BCUT2D eigenvalue weighted by Crippen LogP contribution is -2.48. The molecule has 0 aromatic carbocycles. The Bertz CT molecular complexity index is 120. The molecule has 1 spiro atoms. The van der Waals surface area contributed by atoms with Crippen LogP contribution in [0.4, 0.5) is 0 Å². The fourth-order valence-electron chi connectivity index (χ4n) is 2.20. The summed E-state index contributed by atoms with van der Waals surface area (Å²) in [6, 6.07) is 0. The van der Waals surface area contributed by atoms with Gasteiger partial charge in [-0.1, -0.05) is 20.3 Å². The molecule has 0 aromatic rings. The Morgan fingerprint density at radius 2 is 1.62 bits per heavy atom. The van der Waals surface area contributed by atoms with Crippen molar-refractivity contribution in [2.75, 3.05) is 19.6 Å². The summed E-state index contributed by atoms with van der Waals surface area (Å²) in [5.41, 5.74) is 0.561. The second-order valence-corrected chi connectivity index (χ2v) is 4.27. The van der Waals surface area contributed by atoms with Crippen LogP contribution in [0.25, 0.3) is 0 Å². The van der Waals surface area contributed by atoms with Gasteiger partial charge < -0.3 is 10.6 Å². The second kappa shape index (κ2) is 5.61. The van der Waals surface area contributed by atoms with Crippen molar-refractivity contribution in [3.63, 3.8) is 0 Å². The lowest BCUT2D eigenvalue weighted by molar-refractivity contribution is 0.277. The van der Waals surface area contributed by atoms with E-state index in [-0.39, 0.29) is 0 Å². The van der Waals surface area contributed by atoms with Gasteiger partial charge in [0.2, 0.25) is 0 Å². The van der Waals surface area contributed by atoms with E-state index < -0.39 is 0 Å². The molecule has 2 aliphatic rings. The fraction of sp³-hybridized carbons (Fsp3) is 1.00. The molecule has 2 aliphatic heterocycles. The van der Waals surface area contributed by atoms with E-state index in [9.17, 15) is 0 Å². The first-order valence-corrected chi connectivity index (χ1v) is 5.79. The standard InChI is InChI=1S/C8H16N2.C3H8/c1-2-8(10-5-1)3-6-9-7-4-8;1-3-2/h9-10H,1-7H2;3H2,1-2H3. The monoisotopic (exact) mass is 184 g/mol. The van der Waals surface area contributed by atoms with Crippen LogP contribution in [0.15, 0.2) is 0 Å². The Hall–Kier alpha value is -0.0800. The number of hydrogen-bond acceptors (Lipinski definition) is 2. The topological polar surface area (TPSA) is 24.1 Å². The SMILES string of the molecule is C1CNC2(C1)CCNCC2.CCC. The number of hydrogen-bond donors (Lipinski definition) is 2. The first-order chi connectivity index (χ1) is 6.33. The zero-order valence-corrected chi connectivity index (χ0v) is 9.16. The minimum absolute atomic E-state index is 0.561. The number of piperidine rings is 1. The molecular weight excluding hydrogens is 160 g/mol. The maximum Gasteiger partial charge on any atom is 0.0206 e. The minimum atomic E-state index is 0.561. The molecule has 0 atom stereocenters. The smallest absolute Gasteiger partial charge is 0.0206 e. The Morgan fingerprint density at radius 1 is 1.00 bits per heavy atom. The van der Waals surface area contributed by atoms with E-state index in [0.29, 0.717) is 5.54 Å². The van der Waals surface area contributed by atoms with Gasteiger partial charge in [-0.15, -0.1) is 0 Å². The van der Waals surface area contributed by atoms with E-state index in [1.165, 1.54) is 51.7 Å². The van der Waals surface area contributed by atoms with Crippen molar-refractivity contribution in [3.8, 4) is 0 Å². The van der Waals surface area contributed by atoms with Gasteiger partial charge in [-0.2, -0.15) is 0 Å². The molecule has 0 radical (unpaired) electrons. The van der Waals surface area contributed by atoms with Crippen molar-refractivity contribution in [1.29, 1.82) is 0 Å². The predicted octanol–water partition coefficient (Wildman–Crippen LogP) is 1.91. The predicted molar refractivity (Wildman–Crippen MR) is 58.0 cm³/mol. The summed E-state index contributed by atoms with van der Waals surface area (Å²) in [4.78, 5) is 0. The van der Waals surface area contributed by atoms with Crippen molar-refractivity contribution in [1.82, 2.24) is 10.6 Å². The summed E-state index contributed by atoms with van der Waals surface area (Å²) in [7, 11) is 0. The minimum Gasteiger partial charge on any atom is -0.317 e. The summed E-state index contributed by atoms with van der Waals surface area (Å²) < 4.78 is 0. The molecule has 0 amide bonds. The average Bonchev–Trinajstić information content (AvgIpc) is 2.56. The average molecular weight is 184 g/mol. The van der Waals surface area contributed by atoms with Gasteiger partial charge in [0.1, 0.15) is 0 Å². The number of rotatable bonds is 0. The molecule has 13 heavy (non-hydrogen) atoms. The summed E-state index contributed by atoms with van der Waals surface area (Å²) >= 11 is 0. The normalized spacial score (nSPS) is 25.4. The summed E-state index contributed by atoms with van der Waals surface area (Å²) in [6.45, 7) is 7.93. The van der Waals surface area contributed by atoms with Gasteiger partial charge in [0.05, 0.1) is 0 Å². The van der Waals surface area contributed by atoms with Gasteiger partial charge in [-0.25, -0.2) is 0 Å². The van der Waals surface area contributed by atoms with Crippen molar-refractivity contribution in [2.45, 2.75) is 51.5 Å². The third-order valence-corrected chi connectivity index (χ3v) is 2.89. The third kappa shape index (κ3) is 3.28. The van der Waals surface area contributed by atoms with Crippen LogP contribution in [0, 0.1) is 0 Å². The Labute approximate surface area is 82.5 Å². The first kappa shape index (κ1) is 11.0. The van der Waals surface area contributed by atoms with Crippen molar-refractivity contribution in [2.24, 2.45) is 0 Å². The van der Waals surface area contributed by atoms with Gasteiger partial charge >= 0.3 is 0 Å². The van der Waals surface area contributed by atoms with Gasteiger partial charge in [0.25, 0.3) is 0 Å². The quantitative estimate of drug-likeness (QED) is 0.601. The van der Waals surface area contributed by atoms with E-state index in [4.69, 9.17) is 0 Å². The van der Waals surface area contributed by atoms with Crippen LogP contribution in [0.2, 0.25) is 0 Å². The van der Waals surface area contributed by atoms with Crippen molar-refractivity contribution < 1.29 is 0 Å². The Balaban J connectivity index is 0.000000251. The van der Waals surface area contributed by atoms with Crippen LogP contribution >= 0.6 is 0 Å². The van der Waals surface area contributed by atoms with Gasteiger partial charge in [0.15, 0.2) is 0 Å². The zero-order chi connectivity index (χ0) is 9.57. The lowest BCUT2D eigenvalue weighted by atomic mass is 9.87. The highest BCUT2D eigenvalue weighted by molar-refractivity contribution is 4.95. The Morgan fingerprint density at radius 3 is 2.08 bits per heavy atom. The van der Waals surface area contributed by atoms with E-state index in [0.717, 1.165) is 0 Å². The molecule has 2 saturated heterocycles. The van der Waals surface area contributed by atoms with Gasteiger partial charge in [0, 0.05) is 5.54 Å². The fourth-order valence-corrected chi connectivity index (χ4v) is 2.20. The highest BCUT2D eigenvalue weighted by Gasteiger charge is 2.33. The van der Waals surface area contributed by atoms with Crippen molar-refractivity contribution >= 4 is 0 Å². The van der Waals surface area contributed by atoms with Crippen LogP contribution in [0.1, 0.15) is 46.0 Å². The van der Waals surface area contributed by atoms with Crippen LogP contribution < -0.4 is 10.6 Å². The van der Waals surface area contributed by atoms with Crippen LogP contribution in [0.3, 0.4) is 0 Å². The second-order valence-electron chi connectivity index (χ2n) is 4.27. The Kier molecular flexibility index (Phi) is 4.74. The van der Waals surface area contributed by atoms with E-state index in [1.807, 2.05) is 0 Å². The first-order valence-electron chi connectivity index (χ1n) is 5.79. The molecule has 0 bridgehead atoms. The maximum absolute atomic E-state index is 3.63. The summed E-state index contributed by atoms with van der Waals surface area (Å²) in [5, 5.41) is 7.03. The molecule has 2 rings (SSSR count). The number of nitrogens with one attached hydrogen (secondary N) is 2. The molecule has 0 aromatic heterocycles. The molecule has 2 heteroatoms. The summed E-state index contributed by atoms with van der Waals surface area (Å²) in [5.74, 6) is 0. The van der Waals surface area contributed by atoms with Crippen LogP contribution in [-0.4, -0.2) is 25.2 Å². The largest absolute Gasteiger partial charge is 0.317 e. The molecule has 2 fully saturated rings. The molecule has 2 nitrogen and oxygen atoms in total. The lowest BCUT2D eigenvalue weighted by Gasteiger charge is -2.33.